The lowest BCUT2D eigenvalue weighted by atomic mass is 9.84. The zero-order valence-corrected chi connectivity index (χ0v) is 13.9. The Morgan fingerprint density at radius 1 is 1.27 bits per heavy atom. The molecular weight excluding hydrogens is 276 g/mol. The maximum Gasteiger partial charge on any atom is 0.246 e. The van der Waals surface area contributed by atoms with E-state index >= 15 is 0 Å². The fraction of sp³-hybridized carbons (Fsp3) is 0.667. The lowest BCUT2D eigenvalue weighted by molar-refractivity contribution is -0.152. The Morgan fingerprint density at radius 3 is 2.55 bits per heavy atom. The summed E-state index contributed by atoms with van der Waals surface area (Å²) in [5.74, 6) is 0.363. The summed E-state index contributed by atoms with van der Waals surface area (Å²) in [6, 6.07) is 0. The van der Waals surface area contributed by atoms with Gasteiger partial charge in [0.05, 0.1) is 5.54 Å². The number of carbonyl (C=O) groups excluding carboxylic acids is 2. The van der Waals surface area contributed by atoms with Gasteiger partial charge in [0.15, 0.2) is 0 Å². The molecule has 4 nitrogen and oxygen atoms in total. The zero-order valence-electron chi connectivity index (χ0n) is 13.9. The Balaban J connectivity index is 2.19. The van der Waals surface area contributed by atoms with E-state index in [9.17, 15) is 9.59 Å². The first-order chi connectivity index (χ1) is 10.6. The molecule has 0 aromatic carbocycles. The summed E-state index contributed by atoms with van der Waals surface area (Å²) in [4.78, 5) is 28.9. The van der Waals surface area contributed by atoms with Gasteiger partial charge >= 0.3 is 0 Å². The van der Waals surface area contributed by atoms with Crippen molar-refractivity contribution in [1.29, 1.82) is 0 Å². The van der Waals surface area contributed by atoms with Crippen LogP contribution in [0.5, 0.6) is 0 Å². The minimum absolute atomic E-state index is 0.0287. The second-order valence-electron chi connectivity index (χ2n) is 6.37. The van der Waals surface area contributed by atoms with Crippen LogP contribution in [0.1, 0.15) is 46.0 Å². The molecule has 22 heavy (non-hydrogen) atoms. The van der Waals surface area contributed by atoms with Gasteiger partial charge in [0.2, 0.25) is 11.8 Å². The fourth-order valence-electron chi connectivity index (χ4n) is 3.73. The lowest BCUT2D eigenvalue weighted by Gasteiger charge is -2.51. The van der Waals surface area contributed by atoms with E-state index in [-0.39, 0.29) is 23.3 Å². The van der Waals surface area contributed by atoms with E-state index in [4.69, 9.17) is 0 Å². The molecule has 2 aliphatic rings. The Hall–Kier alpha value is -1.58. The zero-order chi connectivity index (χ0) is 16.2. The number of allylic oxidation sites excluding steroid dienone is 2. The maximum absolute atomic E-state index is 13.0. The van der Waals surface area contributed by atoms with Crippen molar-refractivity contribution in [2.75, 3.05) is 19.6 Å². The minimum atomic E-state index is -0.227. The molecular formula is C18H28N2O2. The molecule has 1 aliphatic heterocycles. The van der Waals surface area contributed by atoms with Gasteiger partial charge < -0.3 is 9.80 Å². The van der Waals surface area contributed by atoms with Crippen molar-refractivity contribution >= 4 is 11.8 Å². The number of amides is 2. The average Bonchev–Trinajstić information content (AvgIpc) is 2.60. The Kier molecular flexibility index (Phi) is 5.43. The molecule has 1 aliphatic carbocycles. The second-order valence-corrected chi connectivity index (χ2v) is 6.37. The van der Waals surface area contributed by atoms with Crippen LogP contribution in [0.15, 0.2) is 24.8 Å². The minimum Gasteiger partial charge on any atom is -0.335 e. The van der Waals surface area contributed by atoms with Gasteiger partial charge in [-0.25, -0.2) is 0 Å². The summed E-state index contributed by atoms with van der Waals surface area (Å²) in [6.45, 7) is 9.69. The van der Waals surface area contributed by atoms with Crippen molar-refractivity contribution in [2.24, 2.45) is 5.92 Å². The van der Waals surface area contributed by atoms with Gasteiger partial charge in [0.25, 0.3) is 0 Å². The van der Waals surface area contributed by atoms with Crippen LogP contribution < -0.4 is 0 Å². The van der Waals surface area contributed by atoms with Crippen LogP contribution in [0.4, 0.5) is 0 Å². The van der Waals surface area contributed by atoms with Crippen LogP contribution in [0.25, 0.3) is 0 Å². The highest BCUT2D eigenvalue weighted by molar-refractivity contribution is 5.87. The molecule has 0 aromatic rings. The standard InChI is InChI=1S/C18H28N2O2/c1-4-16(21)19-12-13-20(18(5-2,6-3)14-19)17(22)15-10-8-7-9-11-15/h4,7-8,15H,1,5-6,9-14H2,2-3H3/t15-/m0/s1. The van der Waals surface area contributed by atoms with Crippen LogP contribution in [-0.4, -0.2) is 46.8 Å². The van der Waals surface area contributed by atoms with Gasteiger partial charge in [-0.1, -0.05) is 32.6 Å². The highest BCUT2D eigenvalue weighted by Crippen LogP contribution is 2.32. The number of hydrogen-bond acceptors (Lipinski definition) is 2. The average molecular weight is 304 g/mol. The van der Waals surface area contributed by atoms with Gasteiger partial charge in [-0.15, -0.1) is 0 Å². The lowest BCUT2D eigenvalue weighted by Crippen LogP contribution is -2.65. The Labute approximate surface area is 133 Å². The molecule has 0 bridgehead atoms. The molecule has 0 unspecified atom stereocenters. The summed E-state index contributed by atoms with van der Waals surface area (Å²) < 4.78 is 0. The SMILES string of the molecule is C=CC(=O)N1CCN(C(=O)[C@H]2CC=CCC2)C(CC)(CC)C1. The molecule has 1 fully saturated rings. The van der Waals surface area contributed by atoms with Gasteiger partial charge in [0.1, 0.15) is 0 Å². The molecule has 0 spiro atoms. The summed E-state index contributed by atoms with van der Waals surface area (Å²) in [7, 11) is 0. The second kappa shape index (κ2) is 7.12. The van der Waals surface area contributed by atoms with Gasteiger partial charge in [-0.3, -0.25) is 9.59 Å². The molecule has 1 heterocycles. The van der Waals surface area contributed by atoms with E-state index in [2.05, 4.69) is 37.5 Å². The molecule has 2 rings (SSSR count). The van der Waals surface area contributed by atoms with Gasteiger partial charge in [0, 0.05) is 25.6 Å². The first-order valence-electron chi connectivity index (χ1n) is 8.45. The highest BCUT2D eigenvalue weighted by Gasteiger charge is 2.43. The van der Waals surface area contributed by atoms with Crippen LogP contribution in [0.3, 0.4) is 0 Å². The quantitative estimate of drug-likeness (QED) is 0.592. The number of carbonyl (C=O) groups is 2. The number of hydrogen-bond donors (Lipinski definition) is 0. The topological polar surface area (TPSA) is 40.6 Å². The first kappa shape index (κ1) is 16.8. The van der Waals surface area contributed by atoms with Crippen molar-refractivity contribution in [3.8, 4) is 0 Å². The molecule has 0 aromatic heterocycles. The van der Waals surface area contributed by atoms with Crippen LogP contribution in [-0.2, 0) is 9.59 Å². The molecule has 2 amide bonds. The van der Waals surface area contributed by atoms with E-state index in [0.29, 0.717) is 19.6 Å². The molecule has 1 saturated heterocycles. The maximum atomic E-state index is 13.0. The van der Waals surface area contributed by atoms with Crippen LogP contribution in [0.2, 0.25) is 0 Å². The van der Waals surface area contributed by atoms with E-state index in [1.807, 2.05) is 4.90 Å². The van der Waals surface area contributed by atoms with E-state index in [1.165, 1.54) is 6.08 Å². The molecule has 122 valence electrons. The Bertz CT molecular complexity index is 466. The third-order valence-electron chi connectivity index (χ3n) is 5.34. The number of rotatable bonds is 4. The monoisotopic (exact) mass is 304 g/mol. The molecule has 0 N–H and O–H groups in total. The van der Waals surface area contributed by atoms with E-state index in [0.717, 1.165) is 32.1 Å². The van der Waals surface area contributed by atoms with Crippen molar-refractivity contribution in [1.82, 2.24) is 9.80 Å². The van der Waals surface area contributed by atoms with E-state index < -0.39 is 0 Å². The predicted molar refractivity (Wildman–Crippen MR) is 88.3 cm³/mol. The normalized spacial score (nSPS) is 24.2. The van der Waals surface area contributed by atoms with Crippen molar-refractivity contribution in [3.05, 3.63) is 24.8 Å². The summed E-state index contributed by atoms with van der Waals surface area (Å²) in [5.41, 5.74) is -0.227. The smallest absolute Gasteiger partial charge is 0.246 e. The molecule has 1 atom stereocenters. The first-order valence-corrected chi connectivity index (χ1v) is 8.45. The van der Waals surface area contributed by atoms with Crippen molar-refractivity contribution in [2.45, 2.75) is 51.5 Å². The Morgan fingerprint density at radius 2 is 2.00 bits per heavy atom. The van der Waals surface area contributed by atoms with Gasteiger partial charge in [-0.05, 0) is 38.2 Å². The van der Waals surface area contributed by atoms with Crippen LogP contribution in [0, 0.1) is 5.92 Å². The van der Waals surface area contributed by atoms with Crippen molar-refractivity contribution < 1.29 is 9.59 Å². The van der Waals surface area contributed by atoms with E-state index in [1.54, 1.807) is 0 Å². The molecule has 0 radical (unpaired) electrons. The summed E-state index contributed by atoms with van der Waals surface area (Å²) >= 11 is 0. The number of piperazine rings is 1. The van der Waals surface area contributed by atoms with Gasteiger partial charge in [-0.2, -0.15) is 0 Å². The third-order valence-corrected chi connectivity index (χ3v) is 5.34. The molecule has 4 heteroatoms. The fourth-order valence-corrected chi connectivity index (χ4v) is 3.73. The summed E-state index contributed by atoms with van der Waals surface area (Å²) in [5, 5.41) is 0. The predicted octanol–water partition coefficient (Wildman–Crippen LogP) is 2.76. The highest BCUT2D eigenvalue weighted by atomic mass is 16.2. The number of nitrogens with zero attached hydrogens (tertiary/aromatic N) is 2. The largest absolute Gasteiger partial charge is 0.335 e. The molecule has 0 saturated carbocycles. The third kappa shape index (κ3) is 3.11. The van der Waals surface area contributed by atoms with Crippen LogP contribution >= 0.6 is 0 Å². The summed E-state index contributed by atoms with van der Waals surface area (Å²) in [6.07, 6.45) is 10.2. The van der Waals surface area contributed by atoms with Crippen molar-refractivity contribution in [3.63, 3.8) is 0 Å².